The molecule has 2 nitrogen and oxygen atoms in total. The summed E-state index contributed by atoms with van der Waals surface area (Å²) in [5.74, 6) is -0.866. The largest absolute Gasteiger partial charge is 0.395 e. The van der Waals surface area contributed by atoms with Gasteiger partial charge in [-0.2, -0.15) is 0 Å². The van der Waals surface area contributed by atoms with Crippen LogP contribution in [-0.2, 0) is 6.54 Å². The average Bonchev–Trinajstić information content (AvgIpc) is 2.12. The van der Waals surface area contributed by atoms with Gasteiger partial charge < -0.3 is 5.11 Å². The summed E-state index contributed by atoms with van der Waals surface area (Å²) in [6, 6.07) is 3.37. The number of nitrogens with zero attached hydrogens (tertiary/aromatic N) is 1. The number of aliphatic hydroxyl groups excluding tert-OH is 1. The average molecular weight is 201 g/mol. The highest BCUT2D eigenvalue weighted by atomic mass is 19.1. The number of halogens is 2. The molecule has 0 aliphatic heterocycles. The molecule has 1 aromatic carbocycles. The summed E-state index contributed by atoms with van der Waals surface area (Å²) in [6.07, 6.45) is 0. The SMILES string of the molecule is CN(CCO)Cc1cc(F)ccc1F. The van der Waals surface area contributed by atoms with Crippen molar-refractivity contribution in [2.45, 2.75) is 6.54 Å². The van der Waals surface area contributed by atoms with E-state index >= 15 is 0 Å². The molecule has 14 heavy (non-hydrogen) atoms. The zero-order chi connectivity index (χ0) is 10.6. The van der Waals surface area contributed by atoms with Gasteiger partial charge in [-0.15, -0.1) is 0 Å². The Balaban J connectivity index is 2.70. The molecular weight excluding hydrogens is 188 g/mol. The molecule has 0 heterocycles. The van der Waals surface area contributed by atoms with E-state index in [9.17, 15) is 8.78 Å². The first kappa shape index (κ1) is 11.1. The van der Waals surface area contributed by atoms with Crippen LogP contribution in [0.25, 0.3) is 0 Å². The van der Waals surface area contributed by atoms with Gasteiger partial charge in [-0.1, -0.05) is 0 Å². The van der Waals surface area contributed by atoms with E-state index in [4.69, 9.17) is 5.11 Å². The maximum Gasteiger partial charge on any atom is 0.127 e. The fourth-order valence-corrected chi connectivity index (χ4v) is 1.21. The smallest absolute Gasteiger partial charge is 0.127 e. The first-order valence-electron chi connectivity index (χ1n) is 4.37. The molecule has 0 atom stereocenters. The highest BCUT2D eigenvalue weighted by molar-refractivity contribution is 5.18. The Bertz CT molecular complexity index is 304. The Kier molecular flexibility index (Phi) is 3.98. The molecule has 0 radical (unpaired) electrons. The van der Waals surface area contributed by atoms with Crippen molar-refractivity contribution in [3.05, 3.63) is 35.4 Å². The van der Waals surface area contributed by atoms with Gasteiger partial charge in [-0.3, -0.25) is 4.90 Å². The number of rotatable bonds is 4. The second kappa shape index (κ2) is 5.02. The predicted octanol–water partition coefficient (Wildman–Crippen LogP) is 1.39. The molecule has 0 aromatic heterocycles. The Morgan fingerprint density at radius 1 is 1.36 bits per heavy atom. The maximum atomic E-state index is 13.1. The zero-order valence-corrected chi connectivity index (χ0v) is 8.00. The van der Waals surface area contributed by atoms with Gasteiger partial charge in [0.25, 0.3) is 0 Å². The van der Waals surface area contributed by atoms with Crippen LogP contribution in [0.5, 0.6) is 0 Å². The molecule has 0 aliphatic rings. The van der Waals surface area contributed by atoms with Gasteiger partial charge in [-0.25, -0.2) is 8.78 Å². The number of hydrogen-bond acceptors (Lipinski definition) is 2. The molecule has 0 saturated carbocycles. The normalized spacial score (nSPS) is 10.9. The lowest BCUT2D eigenvalue weighted by atomic mass is 10.2. The third kappa shape index (κ3) is 3.05. The molecule has 0 aliphatic carbocycles. The third-order valence-corrected chi connectivity index (χ3v) is 1.93. The molecule has 0 unspecified atom stereocenters. The molecule has 78 valence electrons. The van der Waals surface area contributed by atoms with Crippen molar-refractivity contribution >= 4 is 0 Å². The Morgan fingerprint density at radius 3 is 2.71 bits per heavy atom. The highest BCUT2D eigenvalue weighted by Gasteiger charge is 2.06. The molecule has 1 aromatic rings. The van der Waals surface area contributed by atoms with Crippen molar-refractivity contribution in [2.24, 2.45) is 0 Å². The van der Waals surface area contributed by atoms with E-state index in [-0.39, 0.29) is 6.61 Å². The highest BCUT2D eigenvalue weighted by Crippen LogP contribution is 2.11. The second-order valence-corrected chi connectivity index (χ2v) is 3.20. The van der Waals surface area contributed by atoms with Crippen molar-refractivity contribution < 1.29 is 13.9 Å². The van der Waals surface area contributed by atoms with E-state index in [1.165, 1.54) is 6.07 Å². The summed E-state index contributed by atoms with van der Waals surface area (Å²) >= 11 is 0. The van der Waals surface area contributed by atoms with E-state index in [2.05, 4.69) is 0 Å². The Hall–Kier alpha value is -1.00. The van der Waals surface area contributed by atoms with Crippen molar-refractivity contribution in [3.8, 4) is 0 Å². The van der Waals surface area contributed by atoms with Gasteiger partial charge in [0.1, 0.15) is 11.6 Å². The summed E-state index contributed by atoms with van der Waals surface area (Å²) < 4.78 is 25.9. The van der Waals surface area contributed by atoms with Crippen LogP contribution in [-0.4, -0.2) is 30.2 Å². The van der Waals surface area contributed by atoms with E-state index in [1.54, 1.807) is 11.9 Å². The Morgan fingerprint density at radius 2 is 2.07 bits per heavy atom. The molecule has 0 saturated heterocycles. The van der Waals surface area contributed by atoms with E-state index < -0.39 is 11.6 Å². The van der Waals surface area contributed by atoms with Gasteiger partial charge in [-0.05, 0) is 25.2 Å². The Labute approximate surface area is 81.8 Å². The van der Waals surface area contributed by atoms with Crippen LogP contribution in [0.1, 0.15) is 5.56 Å². The van der Waals surface area contributed by atoms with Gasteiger partial charge in [0.15, 0.2) is 0 Å². The monoisotopic (exact) mass is 201 g/mol. The van der Waals surface area contributed by atoms with Crippen LogP contribution in [0.4, 0.5) is 8.78 Å². The predicted molar refractivity (Wildman–Crippen MR) is 49.8 cm³/mol. The van der Waals surface area contributed by atoms with Gasteiger partial charge in [0.2, 0.25) is 0 Å². The maximum absolute atomic E-state index is 13.1. The molecule has 1 N–H and O–H groups in total. The van der Waals surface area contributed by atoms with E-state index in [0.717, 1.165) is 12.1 Å². The number of aliphatic hydroxyl groups is 1. The first-order chi connectivity index (χ1) is 6.63. The third-order valence-electron chi connectivity index (χ3n) is 1.93. The van der Waals surface area contributed by atoms with E-state index in [0.29, 0.717) is 18.7 Å². The van der Waals surface area contributed by atoms with Crippen LogP contribution in [0.15, 0.2) is 18.2 Å². The topological polar surface area (TPSA) is 23.5 Å². The van der Waals surface area contributed by atoms with E-state index in [1.807, 2.05) is 0 Å². The van der Waals surface area contributed by atoms with Crippen molar-refractivity contribution in [2.75, 3.05) is 20.2 Å². The minimum Gasteiger partial charge on any atom is -0.395 e. The minimum atomic E-state index is -0.446. The fourth-order valence-electron chi connectivity index (χ4n) is 1.21. The van der Waals surface area contributed by atoms with Crippen molar-refractivity contribution in [1.29, 1.82) is 0 Å². The van der Waals surface area contributed by atoms with Crippen LogP contribution >= 0.6 is 0 Å². The molecular formula is C10H13F2NO. The van der Waals surface area contributed by atoms with Crippen molar-refractivity contribution in [3.63, 3.8) is 0 Å². The molecule has 1 rings (SSSR count). The number of hydrogen-bond donors (Lipinski definition) is 1. The molecule has 0 amide bonds. The van der Waals surface area contributed by atoms with Crippen LogP contribution in [0, 0.1) is 11.6 Å². The van der Waals surface area contributed by atoms with Crippen LogP contribution in [0.3, 0.4) is 0 Å². The summed E-state index contributed by atoms with van der Waals surface area (Å²) in [5.41, 5.74) is 0.306. The van der Waals surface area contributed by atoms with Crippen LogP contribution in [0.2, 0.25) is 0 Å². The summed E-state index contributed by atoms with van der Waals surface area (Å²) in [4.78, 5) is 1.72. The number of benzene rings is 1. The summed E-state index contributed by atoms with van der Waals surface area (Å²) in [6.45, 7) is 0.744. The number of likely N-dealkylation sites (N-methyl/N-ethyl adjacent to an activating group) is 1. The zero-order valence-electron chi connectivity index (χ0n) is 8.00. The van der Waals surface area contributed by atoms with Crippen molar-refractivity contribution in [1.82, 2.24) is 4.90 Å². The molecule has 4 heteroatoms. The molecule has 0 spiro atoms. The van der Waals surface area contributed by atoms with Gasteiger partial charge in [0, 0.05) is 18.7 Å². The standard InChI is InChI=1S/C10H13F2NO/c1-13(4-5-14)7-8-6-9(11)2-3-10(8)12/h2-3,6,14H,4-5,7H2,1H3. The lowest BCUT2D eigenvalue weighted by Crippen LogP contribution is -2.22. The second-order valence-electron chi connectivity index (χ2n) is 3.20. The molecule has 0 fully saturated rings. The summed E-state index contributed by atoms with van der Waals surface area (Å²) in [7, 11) is 1.74. The molecule has 0 bridgehead atoms. The first-order valence-corrected chi connectivity index (χ1v) is 4.37. The summed E-state index contributed by atoms with van der Waals surface area (Å²) in [5, 5.41) is 8.63. The van der Waals surface area contributed by atoms with Crippen LogP contribution < -0.4 is 0 Å². The fraction of sp³-hybridized carbons (Fsp3) is 0.400. The lowest BCUT2D eigenvalue weighted by molar-refractivity contribution is 0.215. The van der Waals surface area contributed by atoms with Gasteiger partial charge in [0.05, 0.1) is 6.61 Å². The quantitative estimate of drug-likeness (QED) is 0.795. The minimum absolute atomic E-state index is 0.00738. The van der Waals surface area contributed by atoms with Gasteiger partial charge >= 0.3 is 0 Å². The lowest BCUT2D eigenvalue weighted by Gasteiger charge is -2.15.